The average Bonchev–Trinajstić information content (AvgIpc) is 2.40. The third-order valence-electron chi connectivity index (χ3n) is 2.32. The van der Waals surface area contributed by atoms with Crippen molar-refractivity contribution in [3.8, 4) is 0 Å². The minimum atomic E-state index is -0.244. The number of rotatable bonds is 4. The predicted octanol–water partition coefficient (Wildman–Crippen LogP) is 5.18. The largest absolute Gasteiger partial charge is 0.0622 e. The van der Waals surface area contributed by atoms with Gasteiger partial charge >= 0.3 is 0 Å². The van der Waals surface area contributed by atoms with Crippen molar-refractivity contribution in [3.05, 3.63) is 60.7 Å². The maximum absolute atomic E-state index is 3.83. The first-order valence-corrected chi connectivity index (χ1v) is 12.3. The van der Waals surface area contributed by atoms with Crippen LogP contribution >= 0.6 is 44.2 Å². The van der Waals surface area contributed by atoms with E-state index in [0.29, 0.717) is 0 Å². The molecule has 2 unspecified atom stereocenters. The molecule has 0 saturated carbocycles. The molecule has 0 aliphatic heterocycles. The molecule has 2 rings (SSSR count). The predicted molar refractivity (Wildman–Crippen MR) is 88.7 cm³/mol. The highest BCUT2D eigenvalue weighted by Crippen LogP contribution is 2.57. The van der Waals surface area contributed by atoms with E-state index in [1.54, 1.807) is 0 Å². The van der Waals surface area contributed by atoms with Crippen LogP contribution in [0.4, 0.5) is 0 Å². The van der Waals surface area contributed by atoms with Crippen LogP contribution in [0.1, 0.15) is 0 Å². The van der Waals surface area contributed by atoms with Crippen molar-refractivity contribution in [2.75, 3.05) is 5.90 Å². The van der Waals surface area contributed by atoms with Crippen molar-refractivity contribution in [2.24, 2.45) is 0 Å². The first-order chi connectivity index (χ1) is 8.27. The van der Waals surface area contributed by atoms with Crippen LogP contribution in [0.2, 0.25) is 0 Å². The molecule has 0 amide bonds. The number of benzene rings is 2. The molecule has 4 heteroatoms. The van der Waals surface area contributed by atoms with Gasteiger partial charge in [0, 0.05) is 19.2 Å². The summed E-state index contributed by atoms with van der Waals surface area (Å²) >= 11 is 7.67. The molecule has 2 aromatic carbocycles. The highest BCUT2D eigenvalue weighted by atomic mass is 79.9. The fraction of sp³-hybridized carbons (Fsp3) is 0.0769. The highest BCUT2D eigenvalue weighted by molar-refractivity contribution is 9.43. The topological polar surface area (TPSA) is 0 Å². The fourth-order valence-electron chi connectivity index (χ4n) is 1.45. The zero-order chi connectivity index (χ0) is 12.1. The molecule has 2 atom stereocenters. The summed E-state index contributed by atoms with van der Waals surface area (Å²) in [5, 5.41) is 2.82. The third-order valence-corrected chi connectivity index (χ3v) is 12.5. The smallest absolute Gasteiger partial charge is 0.0157 e. The lowest BCUT2D eigenvalue weighted by atomic mass is 10.4. The van der Waals surface area contributed by atoms with E-state index >= 15 is 0 Å². The van der Waals surface area contributed by atoms with E-state index in [4.69, 9.17) is 0 Å². The lowest BCUT2D eigenvalue weighted by Crippen LogP contribution is -2.01. The first-order valence-electron chi connectivity index (χ1n) is 5.24. The van der Waals surface area contributed by atoms with Crippen LogP contribution in [0, 0.1) is 0 Å². The minimum Gasteiger partial charge on any atom is -0.0622 e. The number of halogens is 2. The summed E-state index contributed by atoms with van der Waals surface area (Å²) in [6.07, 6.45) is 0. The molecule has 0 bridgehead atoms. The van der Waals surface area contributed by atoms with Crippen LogP contribution in [0.5, 0.6) is 0 Å². The summed E-state index contributed by atoms with van der Waals surface area (Å²) in [7, 11) is 0. The Morgan fingerprint density at radius 2 is 1.00 bits per heavy atom. The van der Waals surface area contributed by atoms with Crippen molar-refractivity contribution in [3.63, 3.8) is 0 Å². The van der Waals surface area contributed by atoms with Gasteiger partial charge in [0.15, 0.2) is 0 Å². The Labute approximate surface area is 121 Å². The van der Waals surface area contributed by atoms with Crippen LogP contribution in [-0.4, -0.2) is 5.90 Å². The van der Waals surface area contributed by atoms with Gasteiger partial charge in [0.2, 0.25) is 0 Å². The summed E-state index contributed by atoms with van der Waals surface area (Å²) in [4.78, 5) is 0. The summed E-state index contributed by atoms with van der Waals surface area (Å²) in [6.45, 7) is -0.489. The van der Waals surface area contributed by atoms with E-state index in [2.05, 4.69) is 91.6 Å². The van der Waals surface area contributed by atoms with E-state index in [9.17, 15) is 0 Å². The normalized spacial score (nSPS) is 14.2. The lowest BCUT2D eigenvalue weighted by Gasteiger charge is -2.15. The number of hydrogen-bond donors (Lipinski definition) is 0. The number of hydrogen-bond acceptors (Lipinski definition) is 0. The van der Waals surface area contributed by atoms with Crippen molar-refractivity contribution in [1.29, 1.82) is 0 Å². The van der Waals surface area contributed by atoms with Gasteiger partial charge in [-0.05, 0) is 10.6 Å². The van der Waals surface area contributed by atoms with Crippen LogP contribution in [-0.2, 0) is 0 Å². The Hall–Kier alpha value is 0.260. The van der Waals surface area contributed by atoms with E-state index in [0.717, 1.165) is 0 Å². The summed E-state index contributed by atoms with van der Waals surface area (Å²) in [5.74, 6) is 1.17. The molecule has 2 aromatic rings. The quantitative estimate of drug-likeness (QED) is 0.632. The van der Waals surface area contributed by atoms with Gasteiger partial charge in [-0.25, -0.2) is 0 Å². The summed E-state index contributed by atoms with van der Waals surface area (Å²) in [6, 6.07) is 21.3. The monoisotopic (exact) mass is 388 g/mol. The molecule has 0 aliphatic rings. The molecule has 0 heterocycles. The van der Waals surface area contributed by atoms with Crippen LogP contribution in [0.25, 0.3) is 0 Å². The molecule has 0 aliphatic carbocycles. The van der Waals surface area contributed by atoms with Gasteiger partial charge in [-0.3, -0.25) is 0 Å². The Morgan fingerprint density at radius 1 is 0.647 bits per heavy atom. The van der Waals surface area contributed by atoms with E-state index in [1.165, 1.54) is 16.5 Å². The first kappa shape index (κ1) is 13.7. The molecule has 17 heavy (non-hydrogen) atoms. The van der Waals surface area contributed by atoms with Gasteiger partial charge in [-0.2, -0.15) is 0 Å². The molecule has 0 N–H and O–H groups in total. The van der Waals surface area contributed by atoms with Crippen LogP contribution in [0.3, 0.4) is 0 Å². The van der Waals surface area contributed by atoms with Gasteiger partial charge in [-0.1, -0.05) is 91.6 Å². The SMILES string of the molecule is BrP(CP(Br)c1ccccc1)c1ccccc1. The van der Waals surface area contributed by atoms with Crippen molar-refractivity contribution >= 4 is 54.8 Å². The second-order valence-electron chi connectivity index (χ2n) is 3.54. The van der Waals surface area contributed by atoms with Crippen molar-refractivity contribution in [1.82, 2.24) is 0 Å². The molecule has 0 aromatic heterocycles. The molecule has 88 valence electrons. The average molecular weight is 390 g/mol. The van der Waals surface area contributed by atoms with Gasteiger partial charge < -0.3 is 0 Å². The Morgan fingerprint density at radius 3 is 1.35 bits per heavy atom. The Kier molecular flexibility index (Phi) is 5.63. The standard InChI is InChI=1S/C13H12Br2P2/c14-16(12-7-3-1-4-8-12)11-17(15)13-9-5-2-6-10-13/h1-10H,11H2. The molecule has 0 spiro atoms. The third kappa shape index (κ3) is 4.14. The Bertz CT molecular complexity index is 404. The highest BCUT2D eigenvalue weighted by Gasteiger charge is 2.14. The maximum Gasteiger partial charge on any atom is 0.0157 e. The summed E-state index contributed by atoms with van der Waals surface area (Å²) < 4.78 is 0. The van der Waals surface area contributed by atoms with E-state index in [-0.39, 0.29) is 13.2 Å². The van der Waals surface area contributed by atoms with Crippen LogP contribution < -0.4 is 10.6 Å². The molecule has 0 nitrogen and oxygen atoms in total. The molecular weight excluding hydrogens is 378 g/mol. The van der Waals surface area contributed by atoms with Gasteiger partial charge in [0.05, 0.1) is 0 Å². The van der Waals surface area contributed by atoms with Crippen LogP contribution in [0.15, 0.2) is 60.7 Å². The molecular formula is C13H12Br2P2. The zero-order valence-corrected chi connectivity index (χ0v) is 14.1. The second-order valence-corrected chi connectivity index (χ2v) is 12.3. The van der Waals surface area contributed by atoms with E-state index < -0.39 is 0 Å². The van der Waals surface area contributed by atoms with Crippen molar-refractivity contribution in [2.45, 2.75) is 0 Å². The lowest BCUT2D eigenvalue weighted by molar-refractivity contribution is 1.77. The second kappa shape index (κ2) is 7.00. The molecule has 0 fully saturated rings. The minimum absolute atomic E-state index is 0.244. The zero-order valence-electron chi connectivity index (χ0n) is 9.13. The van der Waals surface area contributed by atoms with Gasteiger partial charge in [-0.15, -0.1) is 0 Å². The maximum atomic E-state index is 3.83. The molecule has 0 radical (unpaired) electrons. The van der Waals surface area contributed by atoms with Crippen molar-refractivity contribution < 1.29 is 0 Å². The van der Waals surface area contributed by atoms with Gasteiger partial charge in [0.25, 0.3) is 0 Å². The fourth-order valence-corrected chi connectivity index (χ4v) is 12.8. The summed E-state index contributed by atoms with van der Waals surface area (Å²) in [5.41, 5.74) is 0. The molecule has 0 saturated heterocycles. The van der Waals surface area contributed by atoms with Gasteiger partial charge in [0.1, 0.15) is 0 Å². The Balaban J connectivity index is 2.02. The van der Waals surface area contributed by atoms with E-state index in [1.807, 2.05) is 0 Å².